The third kappa shape index (κ3) is 11.1. The first-order valence-corrected chi connectivity index (χ1v) is 20.5. The molecule has 8 atom stereocenters. The fourth-order valence-electron chi connectivity index (χ4n) is 7.80. The highest BCUT2D eigenvalue weighted by atomic mass is 16.7. The van der Waals surface area contributed by atoms with Crippen molar-refractivity contribution >= 4 is 11.9 Å². The first-order valence-electron chi connectivity index (χ1n) is 20.5. The number of aliphatic hydroxyl groups is 8. The molecule has 0 bridgehead atoms. The molecule has 10 N–H and O–H groups in total. The third-order valence-electron chi connectivity index (χ3n) is 11.2. The molecule has 0 spiro atoms. The lowest BCUT2D eigenvalue weighted by Crippen LogP contribution is -2.64. The van der Waals surface area contributed by atoms with Gasteiger partial charge >= 0.3 is 11.9 Å². The number of unbranched alkanes of at least 4 members (excludes halogenated alkanes) is 3. The number of benzene rings is 4. The zero-order chi connectivity index (χ0) is 44.6. The fraction of sp³-hybridized carbons (Fsp3) is 0.435. The molecule has 0 aromatic heterocycles. The minimum Gasteiger partial charge on any atom is -0.481 e. The van der Waals surface area contributed by atoms with Crippen molar-refractivity contribution in [3.8, 4) is 33.8 Å². The Labute approximate surface area is 357 Å². The summed E-state index contributed by atoms with van der Waals surface area (Å²) in [6.07, 6.45) is -4.81. The summed E-state index contributed by atoms with van der Waals surface area (Å²) in [6, 6.07) is 24.4. The van der Waals surface area contributed by atoms with Gasteiger partial charge in [-0.1, -0.05) is 73.5 Å². The normalized spacial score (nSPS) is 26.2. The van der Waals surface area contributed by atoms with Crippen LogP contribution in [0.3, 0.4) is 0 Å². The van der Waals surface area contributed by atoms with Crippen LogP contribution in [0.5, 0.6) is 11.5 Å². The summed E-state index contributed by atoms with van der Waals surface area (Å²) in [4.78, 5) is 23.0. The lowest BCUT2D eigenvalue weighted by Gasteiger charge is -2.42. The summed E-state index contributed by atoms with van der Waals surface area (Å²) in [5.41, 5.74) is 5.22. The number of hydrogen-bond acceptors (Lipinski definition) is 14. The van der Waals surface area contributed by atoms with Gasteiger partial charge in [-0.2, -0.15) is 0 Å². The summed E-state index contributed by atoms with van der Waals surface area (Å²) in [6.45, 7) is -2.21. The largest absolute Gasteiger partial charge is 0.481 e. The van der Waals surface area contributed by atoms with E-state index in [-0.39, 0.29) is 24.3 Å². The molecule has 2 saturated heterocycles. The van der Waals surface area contributed by atoms with Crippen molar-refractivity contribution in [2.75, 3.05) is 26.4 Å². The molecular formula is C46H54O16. The van der Waals surface area contributed by atoms with Crippen LogP contribution in [0, 0.1) is 0 Å². The van der Waals surface area contributed by atoms with Gasteiger partial charge in [-0.3, -0.25) is 9.59 Å². The maximum Gasteiger partial charge on any atom is 0.307 e. The van der Waals surface area contributed by atoms with E-state index in [9.17, 15) is 60.7 Å². The van der Waals surface area contributed by atoms with Gasteiger partial charge < -0.3 is 70.0 Å². The van der Waals surface area contributed by atoms with E-state index in [1.54, 1.807) is 60.7 Å². The molecule has 0 amide bonds. The van der Waals surface area contributed by atoms with Crippen molar-refractivity contribution in [2.24, 2.45) is 0 Å². The molecule has 334 valence electrons. The molecule has 2 aliphatic rings. The number of carboxylic acid groups (broad SMARTS) is 2. The van der Waals surface area contributed by atoms with E-state index in [2.05, 4.69) is 0 Å². The summed E-state index contributed by atoms with van der Waals surface area (Å²) < 4.78 is 22.6. The molecule has 6 rings (SSSR count). The number of ether oxygens (including phenoxy) is 4. The number of aliphatic hydroxyl groups excluding tert-OH is 6. The standard InChI is InChI=1S/C46H54O16/c47-23-37-41(53)43(55)45(57,25-59-37)61-35-15-13-27(19-33(35)31-11-5-9-29(17-31)21-39(49)50)7-3-1-2-4-8-28-14-16-36(62-46(58)26-60-38(24-48)42(54)44(46)56)34(20-28)32-12-6-10-30(18-32)22-40(51)52/h5-6,9-20,37-38,41-44,47-48,53-58H,1-4,7-8,21-26H2,(H,49,50)(H,51,52)/t37-,38-,41-,42-,43+,44+,45-,46-/m1/s1. The van der Waals surface area contributed by atoms with E-state index >= 15 is 0 Å². The summed E-state index contributed by atoms with van der Waals surface area (Å²) in [5, 5.41) is 103. The van der Waals surface area contributed by atoms with E-state index in [1.165, 1.54) is 0 Å². The number of rotatable bonds is 19. The molecule has 0 unspecified atom stereocenters. The number of aliphatic carboxylic acids is 2. The Bertz CT molecular complexity index is 2010. The van der Waals surface area contributed by atoms with E-state index in [4.69, 9.17) is 18.9 Å². The van der Waals surface area contributed by atoms with E-state index in [0.29, 0.717) is 46.2 Å². The van der Waals surface area contributed by atoms with Crippen molar-refractivity contribution < 1.29 is 79.6 Å². The van der Waals surface area contributed by atoms with Crippen LogP contribution in [0.25, 0.3) is 22.3 Å². The smallest absolute Gasteiger partial charge is 0.307 e. The van der Waals surface area contributed by atoms with Crippen LogP contribution in [0.2, 0.25) is 0 Å². The molecule has 0 saturated carbocycles. The van der Waals surface area contributed by atoms with Crippen molar-refractivity contribution in [3.05, 3.63) is 107 Å². The predicted molar refractivity (Wildman–Crippen MR) is 221 cm³/mol. The summed E-state index contributed by atoms with van der Waals surface area (Å²) in [5.74, 6) is -6.37. The number of aryl methyl sites for hydroxylation is 2. The average molecular weight is 863 g/mol. The maximum absolute atomic E-state index is 11.5. The monoisotopic (exact) mass is 862 g/mol. The molecule has 16 nitrogen and oxygen atoms in total. The highest BCUT2D eigenvalue weighted by molar-refractivity contribution is 5.76. The second-order valence-electron chi connectivity index (χ2n) is 15.9. The van der Waals surface area contributed by atoms with Crippen molar-refractivity contribution in [1.29, 1.82) is 0 Å². The Hall–Kier alpha value is -4.98. The Morgan fingerprint density at radius 2 is 0.968 bits per heavy atom. The Kier molecular flexibility index (Phi) is 15.4. The molecule has 2 fully saturated rings. The molecule has 4 aromatic rings. The third-order valence-corrected chi connectivity index (χ3v) is 11.2. The van der Waals surface area contributed by atoms with Crippen LogP contribution in [0.15, 0.2) is 84.9 Å². The van der Waals surface area contributed by atoms with E-state index in [0.717, 1.165) is 36.8 Å². The second kappa shape index (κ2) is 20.5. The topological polar surface area (TPSA) is 273 Å². The fourth-order valence-corrected chi connectivity index (χ4v) is 7.80. The van der Waals surface area contributed by atoms with Crippen molar-refractivity contribution in [3.63, 3.8) is 0 Å². The van der Waals surface area contributed by atoms with Gasteiger partial charge in [-0.05, 0) is 83.3 Å². The van der Waals surface area contributed by atoms with Crippen molar-refractivity contribution in [1.82, 2.24) is 0 Å². The molecule has 2 heterocycles. The van der Waals surface area contributed by atoms with Crippen LogP contribution < -0.4 is 9.47 Å². The van der Waals surface area contributed by atoms with Crippen LogP contribution in [0.1, 0.15) is 47.9 Å². The van der Waals surface area contributed by atoms with Gasteiger partial charge in [0.2, 0.25) is 0 Å². The van der Waals surface area contributed by atoms with E-state index in [1.807, 2.05) is 24.3 Å². The van der Waals surface area contributed by atoms with E-state index < -0.39 is 86.6 Å². The second-order valence-corrected chi connectivity index (χ2v) is 15.9. The SMILES string of the molecule is O=C(O)Cc1cccc(-c2cc(CCCCCCc3ccc(O[C@]4(O)CO[C@H](CO)[C@@H](O)[C@@H]4O)c(-c4cccc(CC(=O)O)c4)c3)ccc2O[C@]2(O)CO[C@H](CO)[C@@H](O)[C@@H]2O)c1. The molecular weight excluding hydrogens is 808 g/mol. The summed E-state index contributed by atoms with van der Waals surface area (Å²) >= 11 is 0. The Morgan fingerprint density at radius 1 is 0.565 bits per heavy atom. The zero-order valence-corrected chi connectivity index (χ0v) is 34.0. The number of carboxylic acids is 2. The van der Waals surface area contributed by atoms with Gasteiger partial charge in [0.25, 0.3) is 11.6 Å². The van der Waals surface area contributed by atoms with Gasteiger partial charge in [-0.15, -0.1) is 0 Å². The van der Waals surface area contributed by atoms with Crippen LogP contribution in [-0.2, 0) is 44.7 Å². The van der Waals surface area contributed by atoms with Gasteiger partial charge in [0.05, 0.1) is 26.1 Å². The van der Waals surface area contributed by atoms with Gasteiger partial charge in [0.1, 0.15) is 61.3 Å². The molecule has 0 radical (unpaired) electrons. The molecule has 62 heavy (non-hydrogen) atoms. The van der Waals surface area contributed by atoms with Gasteiger partial charge in [-0.25, -0.2) is 0 Å². The van der Waals surface area contributed by atoms with Gasteiger partial charge in [0, 0.05) is 11.1 Å². The van der Waals surface area contributed by atoms with Crippen LogP contribution in [-0.4, -0.2) is 138 Å². The number of hydrogen-bond donors (Lipinski definition) is 10. The minimum atomic E-state index is -2.35. The first kappa shape index (κ1) is 46.5. The molecule has 16 heteroatoms. The predicted octanol–water partition coefficient (Wildman–Crippen LogP) is 1.98. The quantitative estimate of drug-likeness (QED) is 0.0477. The average Bonchev–Trinajstić information content (AvgIpc) is 3.24. The highest BCUT2D eigenvalue weighted by Gasteiger charge is 2.52. The first-order chi connectivity index (χ1) is 29.6. The van der Waals surface area contributed by atoms with Crippen LogP contribution in [0.4, 0.5) is 0 Å². The minimum absolute atomic E-state index is 0.163. The molecule has 2 aliphatic heterocycles. The highest BCUT2D eigenvalue weighted by Crippen LogP contribution is 2.38. The lowest BCUT2D eigenvalue weighted by atomic mass is 9.95. The number of carbonyl (C=O) groups is 2. The van der Waals surface area contributed by atoms with Gasteiger partial charge in [0.15, 0.2) is 0 Å². The Balaban J connectivity index is 1.14. The van der Waals surface area contributed by atoms with Crippen LogP contribution >= 0.6 is 0 Å². The van der Waals surface area contributed by atoms with Crippen molar-refractivity contribution in [2.45, 2.75) is 99.6 Å². The lowest BCUT2D eigenvalue weighted by molar-refractivity contribution is -0.307. The Morgan fingerprint density at radius 3 is 1.34 bits per heavy atom. The molecule has 4 aromatic carbocycles. The molecule has 0 aliphatic carbocycles. The summed E-state index contributed by atoms with van der Waals surface area (Å²) in [7, 11) is 0. The zero-order valence-electron chi connectivity index (χ0n) is 34.0. The maximum atomic E-state index is 11.5.